The molecular formula is C15H33Cl2N3O. The molecule has 6 heteroatoms. The van der Waals surface area contributed by atoms with E-state index in [0.29, 0.717) is 12.5 Å². The van der Waals surface area contributed by atoms with Gasteiger partial charge in [0.25, 0.3) is 0 Å². The molecule has 1 rings (SSSR count). The Morgan fingerprint density at radius 1 is 1.24 bits per heavy atom. The summed E-state index contributed by atoms with van der Waals surface area (Å²) in [6, 6.07) is 0.577. The first-order chi connectivity index (χ1) is 9.00. The number of nitrogens with zero attached hydrogens (tertiary/aromatic N) is 1. The van der Waals surface area contributed by atoms with E-state index in [9.17, 15) is 4.79 Å². The lowest BCUT2D eigenvalue weighted by atomic mass is 9.83. The molecule has 4 nitrogen and oxygen atoms in total. The second kappa shape index (κ2) is 12.5. The lowest BCUT2D eigenvalue weighted by Gasteiger charge is -2.35. The second-order valence-electron chi connectivity index (χ2n) is 6.25. The maximum absolute atomic E-state index is 11.8. The zero-order valence-electron chi connectivity index (χ0n) is 13.6. The standard InChI is InChI=1S/C15H31N3O.2ClH/c1-12(16)9-10-15(19)17-11-14(18(2)3)13-7-5-4-6-8-13;;/h12-14H,4-11,16H2,1-3H3,(H,17,19);2*1H. The highest BCUT2D eigenvalue weighted by Gasteiger charge is 2.25. The molecule has 0 aromatic heterocycles. The highest BCUT2D eigenvalue weighted by atomic mass is 35.5. The monoisotopic (exact) mass is 341 g/mol. The Hall–Kier alpha value is -0.0300. The molecule has 0 aromatic rings. The van der Waals surface area contributed by atoms with Gasteiger partial charge in [0.2, 0.25) is 5.91 Å². The smallest absolute Gasteiger partial charge is 0.220 e. The first-order valence-corrected chi connectivity index (χ1v) is 7.69. The van der Waals surface area contributed by atoms with Crippen LogP contribution in [0.4, 0.5) is 0 Å². The van der Waals surface area contributed by atoms with Crippen molar-refractivity contribution in [3.8, 4) is 0 Å². The van der Waals surface area contributed by atoms with Gasteiger partial charge in [0, 0.05) is 25.0 Å². The average molecular weight is 342 g/mol. The van der Waals surface area contributed by atoms with Crippen molar-refractivity contribution >= 4 is 30.7 Å². The summed E-state index contributed by atoms with van der Waals surface area (Å²) in [7, 11) is 4.24. The molecule has 1 fully saturated rings. The number of carbonyl (C=O) groups is 1. The predicted octanol–water partition coefficient (Wildman–Crippen LogP) is 2.58. The van der Waals surface area contributed by atoms with Gasteiger partial charge in [0.05, 0.1) is 0 Å². The quantitative estimate of drug-likeness (QED) is 0.748. The van der Waals surface area contributed by atoms with Crippen LogP contribution in [0.25, 0.3) is 0 Å². The van der Waals surface area contributed by atoms with Crippen molar-refractivity contribution in [1.82, 2.24) is 10.2 Å². The van der Waals surface area contributed by atoms with Crippen LogP contribution in [0.1, 0.15) is 51.9 Å². The van der Waals surface area contributed by atoms with Gasteiger partial charge in [-0.1, -0.05) is 19.3 Å². The number of likely N-dealkylation sites (N-methyl/N-ethyl adjacent to an activating group) is 1. The van der Waals surface area contributed by atoms with Crippen molar-refractivity contribution in [3.05, 3.63) is 0 Å². The van der Waals surface area contributed by atoms with E-state index in [2.05, 4.69) is 24.3 Å². The number of carbonyl (C=O) groups excluding carboxylic acids is 1. The van der Waals surface area contributed by atoms with E-state index >= 15 is 0 Å². The summed E-state index contributed by atoms with van der Waals surface area (Å²) in [4.78, 5) is 14.0. The van der Waals surface area contributed by atoms with E-state index in [1.807, 2.05) is 6.92 Å². The van der Waals surface area contributed by atoms with Gasteiger partial charge < -0.3 is 16.0 Å². The van der Waals surface area contributed by atoms with Gasteiger partial charge in [-0.2, -0.15) is 0 Å². The fourth-order valence-electron chi connectivity index (χ4n) is 2.96. The highest BCUT2D eigenvalue weighted by Crippen LogP contribution is 2.28. The molecule has 1 aliphatic rings. The van der Waals surface area contributed by atoms with E-state index in [1.54, 1.807) is 0 Å². The van der Waals surface area contributed by atoms with Crippen molar-refractivity contribution in [2.24, 2.45) is 11.7 Å². The number of amides is 1. The van der Waals surface area contributed by atoms with E-state index in [1.165, 1.54) is 32.1 Å². The van der Waals surface area contributed by atoms with Crippen molar-refractivity contribution in [2.45, 2.75) is 64.0 Å². The fraction of sp³-hybridized carbons (Fsp3) is 0.933. The number of rotatable bonds is 7. The van der Waals surface area contributed by atoms with Gasteiger partial charge in [0.15, 0.2) is 0 Å². The van der Waals surface area contributed by atoms with Crippen molar-refractivity contribution in [3.63, 3.8) is 0 Å². The molecule has 2 atom stereocenters. The summed E-state index contributed by atoms with van der Waals surface area (Å²) < 4.78 is 0. The number of nitrogens with two attached hydrogens (primary N) is 1. The van der Waals surface area contributed by atoms with Crippen molar-refractivity contribution in [2.75, 3.05) is 20.6 Å². The van der Waals surface area contributed by atoms with Crippen LogP contribution in [-0.2, 0) is 4.79 Å². The normalized spacial score (nSPS) is 18.3. The zero-order chi connectivity index (χ0) is 14.3. The molecular weight excluding hydrogens is 309 g/mol. The molecule has 0 heterocycles. The molecule has 0 spiro atoms. The fourth-order valence-corrected chi connectivity index (χ4v) is 2.96. The molecule has 0 radical (unpaired) electrons. The van der Waals surface area contributed by atoms with Gasteiger partial charge in [0.1, 0.15) is 0 Å². The Bertz CT molecular complexity index is 270. The summed E-state index contributed by atoms with van der Waals surface area (Å²) in [6.07, 6.45) is 7.97. The Balaban J connectivity index is 0. The molecule has 0 bridgehead atoms. The molecule has 2 unspecified atom stereocenters. The first-order valence-electron chi connectivity index (χ1n) is 7.69. The van der Waals surface area contributed by atoms with Crippen LogP contribution in [0.3, 0.4) is 0 Å². The SMILES string of the molecule is CC(N)CCC(=O)NCC(C1CCCCC1)N(C)C.Cl.Cl. The molecule has 0 aromatic carbocycles. The van der Waals surface area contributed by atoms with Crippen LogP contribution >= 0.6 is 24.8 Å². The minimum atomic E-state index is 0. The maximum atomic E-state index is 11.8. The van der Waals surface area contributed by atoms with E-state index in [4.69, 9.17) is 5.73 Å². The molecule has 3 N–H and O–H groups in total. The molecule has 0 aliphatic heterocycles. The lowest BCUT2D eigenvalue weighted by Crippen LogP contribution is -2.45. The van der Waals surface area contributed by atoms with Gasteiger partial charge in [-0.05, 0) is 46.2 Å². The number of halogens is 2. The molecule has 1 amide bonds. The number of hydrogen-bond donors (Lipinski definition) is 2. The van der Waals surface area contributed by atoms with E-state index < -0.39 is 0 Å². The molecule has 1 saturated carbocycles. The van der Waals surface area contributed by atoms with Gasteiger partial charge in [-0.25, -0.2) is 0 Å². The van der Waals surface area contributed by atoms with Crippen LogP contribution in [0.2, 0.25) is 0 Å². The van der Waals surface area contributed by atoms with Crippen LogP contribution in [0.5, 0.6) is 0 Å². The minimum Gasteiger partial charge on any atom is -0.355 e. The van der Waals surface area contributed by atoms with Crippen LogP contribution in [-0.4, -0.2) is 43.5 Å². The third kappa shape index (κ3) is 9.56. The second-order valence-corrected chi connectivity index (χ2v) is 6.25. The summed E-state index contributed by atoms with van der Waals surface area (Å²) >= 11 is 0. The Labute approximate surface area is 142 Å². The van der Waals surface area contributed by atoms with Crippen LogP contribution < -0.4 is 11.1 Å². The minimum absolute atomic E-state index is 0. The maximum Gasteiger partial charge on any atom is 0.220 e. The summed E-state index contributed by atoms with van der Waals surface area (Å²) in [5.41, 5.74) is 5.67. The Morgan fingerprint density at radius 2 is 1.81 bits per heavy atom. The van der Waals surface area contributed by atoms with E-state index in [0.717, 1.165) is 18.9 Å². The lowest BCUT2D eigenvalue weighted by molar-refractivity contribution is -0.121. The molecule has 128 valence electrons. The van der Waals surface area contributed by atoms with Crippen molar-refractivity contribution in [1.29, 1.82) is 0 Å². The van der Waals surface area contributed by atoms with Gasteiger partial charge in [-0.3, -0.25) is 4.79 Å². The highest BCUT2D eigenvalue weighted by molar-refractivity contribution is 5.85. The Kier molecular flexibility index (Phi) is 13.8. The third-order valence-corrected chi connectivity index (χ3v) is 4.19. The van der Waals surface area contributed by atoms with Crippen LogP contribution in [0.15, 0.2) is 0 Å². The number of nitrogens with one attached hydrogen (secondary N) is 1. The summed E-state index contributed by atoms with van der Waals surface area (Å²) in [5, 5.41) is 3.08. The van der Waals surface area contributed by atoms with E-state index in [-0.39, 0.29) is 36.8 Å². The summed E-state index contributed by atoms with van der Waals surface area (Å²) in [5.74, 6) is 0.873. The molecule has 1 aliphatic carbocycles. The summed E-state index contributed by atoms with van der Waals surface area (Å²) in [6.45, 7) is 2.72. The predicted molar refractivity (Wildman–Crippen MR) is 94.4 cm³/mol. The zero-order valence-corrected chi connectivity index (χ0v) is 15.3. The Morgan fingerprint density at radius 3 is 2.29 bits per heavy atom. The molecule has 0 saturated heterocycles. The number of hydrogen-bond acceptors (Lipinski definition) is 3. The third-order valence-electron chi connectivity index (χ3n) is 4.19. The van der Waals surface area contributed by atoms with Gasteiger partial charge in [-0.15, -0.1) is 24.8 Å². The average Bonchev–Trinajstić information content (AvgIpc) is 2.37. The molecule has 21 heavy (non-hydrogen) atoms. The van der Waals surface area contributed by atoms with Crippen molar-refractivity contribution < 1.29 is 4.79 Å². The topological polar surface area (TPSA) is 58.4 Å². The first kappa shape index (κ1) is 23.2. The van der Waals surface area contributed by atoms with Gasteiger partial charge >= 0.3 is 0 Å². The van der Waals surface area contributed by atoms with Crippen LogP contribution in [0, 0.1) is 5.92 Å². The largest absolute Gasteiger partial charge is 0.355 e.